The van der Waals surface area contributed by atoms with E-state index >= 15 is 0 Å². The van der Waals surface area contributed by atoms with Crippen LogP contribution in [0, 0.1) is 0 Å². The molecule has 0 aliphatic rings. The highest BCUT2D eigenvalue weighted by atomic mass is 16.1. The van der Waals surface area contributed by atoms with Crippen LogP contribution in [0.15, 0.2) is 30.5 Å². The van der Waals surface area contributed by atoms with Gasteiger partial charge in [0.15, 0.2) is 0 Å². The van der Waals surface area contributed by atoms with Gasteiger partial charge in [-0.2, -0.15) is 0 Å². The molecule has 1 aromatic carbocycles. The average Bonchev–Trinajstić information content (AvgIpc) is 2.61. The molecule has 0 bridgehead atoms. The van der Waals surface area contributed by atoms with Gasteiger partial charge in [-0.05, 0) is 37.4 Å². The van der Waals surface area contributed by atoms with Crippen LogP contribution in [0.3, 0.4) is 0 Å². The molecular formula is C12H14N2O. The normalized spacial score (nSPS) is 10.9. The smallest absolute Gasteiger partial charge is 0.211 e. The summed E-state index contributed by atoms with van der Waals surface area (Å²) in [6, 6.07) is 8.42. The van der Waals surface area contributed by atoms with Crippen LogP contribution < -0.4 is 5.32 Å². The van der Waals surface area contributed by atoms with Gasteiger partial charge >= 0.3 is 0 Å². The summed E-state index contributed by atoms with van der Waals surface area (Å²) in [5.74, 6) is 0. The van der Waals surface area contributed by atoms with E-state index in [1.807, 2.05) is 18.2 Å². The lowest BCUT2D eigenvalue weighted by atomic mass is 10.2. The Hall–Kier alpha value is -1.77. The fourth-order valence-corrected chi connectivity index (χ4v) is 1.76. The van der Waals surface area contributed by atoms with Crippen molar-refractivity contribution >= 4 is 23.0 Å². The summed E-state index contributed by atoms with van der Waals surface area (Å²) in [7, 11) is 0. The Bertz CT molecular complexity index is 485. The van der Waals surface area contributed by atoms with Crippen molar-refractivity contribution in [2.75, 3.05) is 5.32 Å². The maximum Gasteiger partial charge on any atom is 0.211 e. The predicted molar refractivity (Wildman–Crippen MR) is 62.0 cm³/mol. The molecule has 0 atom stereocenters. The van der Waals surface area contributed by atoms with Gasteiger partial charge in [-0.1, -0.05) is 6.07 Å². The molecule has 0 aliphatic heterocycles. The first kappa shape index (κ1) is 9.77. The minimum absolute atomic E-state index is 0.425. The van der Waals surface area contributed by atoms with Gasteiger partial charge < -0.3 is 9.88 Å². The first-order chi connectivity index (χ1) is 7.22. The molecule has 1 amide bonds. The second kappa shape index (κ2) is 3.77. The van der Waals surface area contributed by atoms with Gasteiger partial charge in [0, 0.05) is 17.9 Å². The van der Waals surface area contributed by atoms with Gasteiger partial charge in [-0.15, -0.1) is 0 Å². The van der Waals surface area contributed by atoms with Crippen LogP contribution in [0.5, 0.6) is 0 Å². The highest BCUT2D eigenvalue weighted by Gasteiger charge is 2.04. The number of hydrogen-bond donors (Lipinski definition) is 1. The molecule has 0 unspecified atom stereocenters. The molecule has 0 spiro atoms. The molecule has 78 valence electrons. The van der Waals surface area contributed by atoms with Crippen molar-refractivity contribution in [3.8, 4) is 0 Å². The summed E-state index contributed by atoms with van der Waals surface area (Å²) in [5, 5.41) is 3.86. The van der Waals surface area contributed by atoms with Crippen LogP contribution in [0.2, 0.25) is 0 Å². The van der Waals surface area contributed by atoms with Crippen molar-refractivity contribution < 1.29 is 4.79 Å². The predicted octanol–water partition coefficient (Wildman–Crippen LogP) is 2.79. The summed E-state index contributed by atoms with van der Waals surface area (Å²) in [6.07, 6.45) is 2.77. The molecule has 2 rings (SSSR count). The van der Waals surface area contributed by atoms with Crippen molar-refractivity contribution in [2.45, 2.75) is 19.9 Å². The third kappa shape index (κ3) is 1.73. The number of anilines is 1. The highest BCUT2D eigenvalue weighted by molar-refractivity contribution is 5.86. The second-order valence-electron chi connectivity index (χ2n) is 3.85. The minimum atomic E-state index is 0.425. The molecule has 0 aliphatic carbocycles. The molecule has 0 saturated heterocycles. The Kier molecular flexibility index (Phi) is 2.46. The summed E-state index contributed by atoms with van der Waals surface area (Å²) < 4.78 is 2.19. The highest BCUT2D eigenvalue weighted by Crippen LogP contribution is 2.23. The third-order valence-electron chi connectivity index (χ3n) is 2.51. The molecule has 0 radical (unpaired) electrons. The van der Waals surface area contributed by atoms with E-state index < -0.39 is 0 Å². The van der Waals surface area contributed by atoms with E-state index in [4.69, 9.17) is 0 Å². The lowest BCUT2D eigenvalue weighted by Crippen LogP contribution is -1.99. The Morgan fingerprint density at radius 1 is 1.33 bits per heavy atom. The number of carbonyl (C=O) groups excluding carboxylic acids is 1. The molecule has 3 heteroatoms. The van der Waals surface area contributed by atoms with Gasteiger partial charge in [0.25, 0.3) is 0 Å². The van der Waals surface area contributed by atoms with E-state index in [1.54, 1.807) is 0 Å². The Balaban J connectivity index is 2.56. The van der Waals surface area contributed by atoms with Crippen LogP contribution >= 0.6 is 0 Å². The molecule has 1 N–H and O–H groups in total. The van der Waals surface area contributed by atoms with Crippen LogP contribution in [0.4, 0.5) is 5.69 Å². The second-order valence-corrected chi connectivity index (χ2v) is 3.85. The summed E-state index contributed by atoms with van der Waals surface area (Å²) in [6.45, 7) is 4.28. The third-order valence-corrected chi connectivity index (χ3v) is 2.51. The maximum absolute atomic E-state index is 10.3. The first-order valence-electron chi connectivity index (χ1n) is 5.03. The molecule has 3 nitrogen and oxygen atoms in total. The molecule has 1 heterocycles. The Morgan fingerprint density at radius 2 is 2.13 bits per heavy atom. The number of rotatable bonds is 3. The summed E-state index contributed by atoms with van der Waals surface area (Å²) in [4.78, 5) is 10.3. The van der Waals surface area contributed by atoms with Gasteiger partial charge in [-0.3, -0.25) is 4.79 Å². The van der Waals surface area contributed by atoms with Crippen molar-refractivity contribution in [2.24, 2.45) is 0 Å². The Labute approximate surface area is 88.7 Å². The van der Waals surface area contributed by atoms with Gasteiger partial charge in [0.2, 0.25) is 6.41 Å². The zero-order valence-corrected chi connectivity index (χ0v) is 8.90. The van der Waals surface area contributed by atoms with E-state index in [1.165, 1.54) is 5.39 Å². The Morgan fingerprint density at radius 3 is 2.80 bits per heavy atom. The number of carbonyl (C=O) groups is 1. The van der Waals surface area contributed by atoms with E-state index in [2.05, 4.69) is 36.0 Å². The number of amides is 1. The quantitative estimate of drug-likeness (QED) is 0.763. The molecule has 0 saturated carbocycles. The van der Waals surface area contributed by atoms with Gasteiger partial charge in [0.1, 0.15) is 0 Å². The van der Waals surface area contributed by atoms with E-state index in [9.17, 15) is 4.79 Å². The zero-order valence-electron chi connectivity index (χ0n) is 8.90. The van der Waals surface area contributed by atoms with Gasteiger partial charge in [-0.25, -0.2) is 0 Å². The van der Waals surface area contributed by atoms with Gasteiger partial charge in [0.05, 0.1) is 5.52 Å². The summed E-state index contributed by atoms with van der Waals surface area (Å²) >= 11 is 0. The van der Waals surface area contributed by atoms with Crippen molar-refractivity contribution in [1.29, 1.82) is 0 Å². The number of benzene rings is 1. The molecule has 15 heavy (non-hydrogen) atoms. The lowest BCUT2D eigenvalue weighted by Gasteiger charge is -2.09. The van der Waals surface area contributed by atoms with E-state index in [0.717, 1.165) is 11.2 Å². The van der Waals surface area contributed by atoms with Crippen molar-refractivity contribution in [3.05, 3.63) is 30.5 Å². The number of fused-ring (bicyclic) bond motifs is 1. The number of aromatic nitrogens is 1. The van der Waals surface area contributed by atoms with Crippen molar-refractivity contribution in [1.82, 2.24) is 4.57 Å². The summed E-state index contributed by atoms with van der Waals surface area (Å²) in [5.41, 5.74) is 1.98. The van der Waals surface area contributed by atoms with Crippen LogP contribution in [0.1, 0.15) is 19.9 Å². The fraction of sp³-hybridized carbons (Fsp3) is 0.250. The molecule has 1 aromatic heterocycles. The maximum atomic E-state index is 10.3. The minimum Gasteiger partial charge on any atom is -0.345 e. The van der Waals surface area contributed by atoms with Crippen LogP contribution in [0.25, 0.3) is 10.9 Å². The molecule has 0 fully saturated rings. The first-order valence-corrected chi connectivity index (χ1v) is 5.03. The van der Waals surface area contributed by atoms with Crippen LogP contribution in [-0.2, 0) is 4.79 Å². The fourth-order valence-electron chi connectivity index (χ4n) is 1.76. The van der Waals surface area contributed by atoms with E-state index in [0.29, 0.717) is 12.5 Å². The topological polar surface area (TPSA) is 34.0 Å². The van der Waals surface area contributed by atoms with E-state index in [-0.39, 0.29) is 0 Å². The standard InChI is InChI=1S/C12H14N2O/c1-9(2)14-6-5-10-3-4-11(13-8-15)7-12(10)14/h3-9H,1-2H3,(H,13,15). The molecule has 2 aromatic rings. The number of nitrogens with zero attached hydrogens (tertiary/aromatic N) is 1. The largest absolute Gasteiger partial charge is 0.345 e. The lowest BCUT2D eigenvalue weighted by molar-refractivity contribution is -0.105. The van der Waals surface area contributed by atoms with Crippen LogP contribution in [-0.4, -0.2) is 11.0 Å². The molecular weight excluding hydrogens is 188 g/mol. The zero-order chi connectivity index (χ0) is 10.8. The number of hydrogen-bond acceptors (Lipinski definition) is 1. The monoisotopic (exact) mass is 202 g/mol. The number of nitrogens with one attached hydrogen (secondary N) is 1. The SMILES string of the molecule is CC(C)n1ccc2ccc(NC=O)cc21. The van der Waals surface area contributed by atoms with Crippen molar-refractivity contribution in [3.63, 3.8) is 0 Å². The average molecular weight is 202 g/mol.